The van der Waals surface area contributed by atoms with Crippen molar-refractivity contribution in [2.45, 2.75) is 122 Å². The van der Waals surface area contributed by atoms with Gasteiger partial charge in [0, 0.05) is 34.7 Å². The molecule has 2 fully saturated rings. The second kappa shape index (κ2) is 9.61. The third-order valence-corrected chi connectivity index (χ3v) is 8.85. The average Bonchev–Trinajstić information content (AvgIpc) is 2.79. The molecule has 0 amide bonds. The zero-order valence-corrected chi connectivity index (χ0v) is 25.2. The minimum absolute atomic E-state index is 0.0669. The number of benzene rings is 2. The highest BCUT2D eigenvalue weighted by molar-refractivity contribution is 5.85. The van der Waals surface area contributed by atoms with E-state index in [1.807, 2.05) is 0 Å². The minimum Gasteiger partial charge on any atom is -0.350 e. The molecule has 2 aliphatic rings. The van der Waals surface area contributed by atoms with E-state index in [1.54, 1.807) is 0 Å². The number of anilines is 3. The Labute approximate surface area is 234 Å². The Morgan fingerprint density at radius 3 is 1.90 bits per heavy atom. The summed E-state index contributed by atoms with van der Waals surface area (Å²) in [6.45, 7) is 18.9. The van der Waals surface area contributed by atoms with Gasteiger partial charge in [0.05, 0.1) is 0 Å². The number of rotatable bonds is 5. The van der Waals surface area contributed by atoms with Crippen LogP contribution in [0.3, 0.4) is 0 Å². The van der Waals surface area contributed by atoms with Gasteiger partial charge in [0.1, 0.15) is 0 Å². The molecule has 0 spiro atoms. The molecule has 39 heavy (non-hydrogen) atoms. The molecule has 3 N–H and O–H groups in total. The monoisotopic (exact) mass is 529 g/mol. The van der Waals surface area contributed by atoms with Crippen LogP contribution >= 0.6 is 0 Å². The van der Waals surface area contributed by atoms with E-state index in [0.717, 1.165) is 37.6 Å². The topological polar surface area (TPSA) is 83.2 Å². The quantitative estimate of drug-likeness (QED) is 0.382. The highest BCUT2D eigenvalue weighted by atomic mass is 15.4. The summed E-state index contributed by atoms with van der Waals surface area (Å²) in [6, 6.07) is 15.1. The van der Waals surface area contributed by atoms with Crippen LogP contribution in [0, 0.1) is 0 Å². The summed E-state index contributed by atoms with van der Waals surface area (Å²) in [5.41, 5.74) is 7.23. The normalized spacial score (nSPS) is 22.2. The number of nitrogens with zero attached hydrogens (tertiary/aromatic N) is 5. The fourth-order valence-corrected chi connectivity index (χ4v) is 7.69. The van der Waals surface area contributed by atoms with Crippen LogP contribution in [0.4, 0.5) is 17.8 Å². The van der Waals surface area contributed by atoms with Crippen LogP contribution in [0.5, 0.6) is 0 Å². The molecule has 1 aromatic heterocycles. The number of hydrogen-bond acceptors (Lipinski definition) is 7. The predicted molar refractivity (Wildman–Crippen MR) is 163 cm³/mol. The molecule has 0 unspecified atom stereocenters. The van der Waals surface area contributed by atoms with Crippen molar-refractivity contribution < 1.29 is 0 Å². The molecule has 0 bridgehead atoms. The number of aromatic nitrogens is 3. The molecule has 2 saturated heterocycles. The van der Waals surface area contributed by atoms with Crippen molar-refractivity contribution in [3.05, 3.63) is 48.0 Å². The highest BCUT2D eigenvalue weighted by Crippen LogP contribution is 2.44. The van der Waals surface area contributed by atoms with Crippen molar-refractivity contribution in [1.82, 2.24) is 15.0 Å². The van der Waals surface area contributed by atoms with Crippen molar-refractivity contribution in [3.8, 4) is 0 Å². The maximum atomic E-state index is 6.53. The number of piperidine rings is 2. The third kappa shape index (κ3) is 5.30. The molecule has 2 aliphatic heterocycles. The average molecular weight is 530 g/mol. The first kappa shape index (κ1) is 27.6. The standard InChI is InChI=1S/C32H47N7/c1-29(2)17-12-18-30(3,4)38(29)27-35-26(34-21-23-15-11-14-22-13-9-10-16-25(22)23)36-28(37-27)39-31(5,6)19-24(33)20-32(39,7)8/h9-11,13-16,24H,12,17-21,33H2,1-8H3,(H,34,35,36,37). The molecule has 2 aromatic carbocycles. The molecule has 3 heterocycles. The largest absolute Gasteiger partial charge is 0.350 e. The molecule has 7 heteroatoms. The molecule has 210 valence electrons. The van der Waals surface area contributed by atoms with Crippen molar-refractivity contribution >= 4 is 28.6 Å². The Morgan fingerprint density at radius 1 is 0.744 bits per heavy atom. The van der Waals surface area contributed by atoms with E-state index in [-0.39, 0.29) is 28.2 Å². The maximum absolute atomic E-state index is 6.53. The van der Waals surface area contributed by atoms with Gasteiger partial charge in [0.15, 0.2) is 0 Å². The SMILES string of the molecule is CC1(C)CCCC(C)(C)N1c1nc(NCc2cccc3ccccc23)nc(N2C(C)(C)CC(N)CC2(C)C)n1. The fourth-order valence-electron chi connectivity index (χ4n) is 7.69. The van der Waals surface area contributed by atoms with Crippen molar-refractivity contribution in [3.63, 3.8) is 0 Å². The van der Waals surface area contributed by atoms with Crippen LogP contribution in [0.15, 0.2) is 42.5 Å². The Balaban J connectivity index is 1.60. The number of fused-ring (bicyclic) bond motifs is 1. The lowest BCUT2D eigenvalue weighted by molar-refractivity contribution is 0.215. The Kier molecular flexibility index (Phi) is 6.81. The lowest BCUT2D eigenvalue weighted by atomic mass is 9.77. The third-order valence-electron chi connectivity index (χ3n) is 8.85. The molecular formula is C32H47N7. The fraction of sp³-hybridized carbons (Fsp3) is 0.594. The molecule has 0 radical (unpaired) electrons. The maximum Gasteiger partial charge on any atom is 0.232 e. The number of nitrogens with one attached hydrogen (secondary N) is 1. The molecule has 0 aliphatic carbocycles. The highest BCUT2D eigenvalue weighted by Gasteiger charge is 2.47. The van der Waals surface area contributed by atoms with Gasteiger partial charge in [-0.15, -0.1) is 0 Å². The summed E-state index contributed by atoms with van der Waals surface area (Å²) in [5.74, 6) is 2.08. The first-order valence-electron chi connectivity index (χ1n) is 14.5. The van der Waals surface area contributed by atoms with Gasteiger partial charge in [-0.2, -0.15) is 15.0 Å². The van der Waals surface area contributed by atoms with Gasteiger partial charge in [-0.25, -0.2) is 0 Å². The smallest absolute Gasteiger partial charge is 0.232 e. The van der Waals surface area contributed by atoms with Crippen molar-refractivity contribution in [2.75, 3.05) is 15.1 Å². The van der Waals surface area contributed by atoms with Gasteiger partial charge in [-0.1, -0.05) is 42.5 Å². The van der Waals surface area contributed by atoms with E-state index in [1.165, 1.54) is 22.8 Å². The summed E-state index contributed by atoms with van der Waals surface area (Å²) in [5, 5.41) is 6.07. The molecular weight excluding hydrogens is 482 g/mol. The van der Waals surface area contributed by atoms with Gasteiger partial charge >= 0.3 is 0 Å². The van der Waals surface area contributed by atoms with E-state index in [9.17, 15) is 0 Å². The summed E-state index contributed by atoms with van der Waals surface area (Å²) < 4.78 is 0. The Morgan fingerprint density at radius 2 is 1.28 bits per heavy atom. The van der Waals surface area contributed by atoms with Gasteiger partial charge < -0.3 is 20.9 Å². The second-order valence-electron chi connectivity index (χ2n) is 14.2. The summed E-state index contributed by atoms with van der Waals surface area (Å²) in [6.07, 6.45) is 5.18. The summed E-state index contributed by atoms with van der Waals surface area (Å²) >= 11 is 0. The predicted octanol–water partition coefficient (Wildman–Crippen LogP) is 6.67. The molecule has 5 rings (SSSR count). The van der Waals surface area contributed by atoms with Gasteiger partial charge in [0.2, 0.25) is 17.8 Å². The second-order valence-corrected chi connectivity index (χ2v) is 14.2. The van der Waals surface area contributed by atoms with Crippen LogP contribution < -0.4 is 20.9 Å². The zero-order chi connectivity index (χ0) is 28.2. The summed E-state index contributed by atoms with van der Waals surface area (Å²) in [7, 11) is 0. The van der Waals surface area contributed by atoms with Crippen molar-refractivity contribution in [1.29, 1.82) is 0 Å². The van der Waals surface area contributed by atoms with Crippen molar-refractivity contribution in [2.24, 2.45) is 5.73 Å². The molecule has 3 aromatic rings. The lowest BCUT2D eigenvalue weighted by Gasteiger charge is -2.55. The van der Waals surface area contributed by atoms with Gasteiger partial charge in [-0.3, -0.25) is 0 Å². The van der Waals surface area contributed by atoms with Crippen LogP contribution in [-0.4, -0.2) is 43.1 Å². The van der Waals surface area contributed by atoms with Crippen LogP contribution in [0.1, 0.15) is 93.1 Å². The molecule has 0 saturated carbocycles. The minimum atomic E-state index is -0.195. The Bertz CT molecular complexity index is 1300. The van der Waals surface area contributed by atoms with E-state index in [0.29, 0.717) is 12.5 Å². The first-order chi connectivity index (χ1) is 18.2. The van der Waals surface area contributed by atoms with E-state index in [2.05, 4.69) is 113 Å². The molecule has 0 atom stereocenters. The molecule has 7 nitrogen and oxygen atoms in total. The van der Waals surface area contributed by atoms with Gasteiger partial charge in [-0.05, 0) is 104 Å². The van der Waals surface area contributed by atoms with E-state index >= 15 is 0 Å². The zero-order valence-electron chi connectivity index (χ0n) is 25.2. The van der Waals surface area contributed by atoms with E-state index in [4.69, 9.17) is 20.7 Å². The lowest BCUT2D eigenvalue weighted by Crippen LogP contribution is -2.64. The van der Waals surface area contributed by atoms with Crippen LogP contribution in [0.25, 0.3) is 10.8 Å². The van der Waals surface area contributed by atoms with Gasteiger partial charge in [0.25, 0.3) is 0 Å². The van der Waals surface area contributed by atoms with Crippen LogP contribution in [0.2, 0.25) is 0 Å². The number of hydrogen-bond donors (Lipinski definition) is 2. The van der Waals surface area contributed by atoms with E-state index < -0.39 is 0 Å². The summed E-state index contributed by atoms with van der Waals surface area (Å²) in [4.78, 5) is 20.2. The van der Waals surface area contributed by atoms with Crippen LogP contribution in [-0.2, 0) is 6.54 Å². The first-order valence-corrected chi connectivity index (χ1v) is 14.5. The number of nitrogens with two attached hydrogens (primary N) is 1. The Hall–Kier alpha value is -2.93.